The summed E-state index contributed by atoms with van der Waals surface area (Å²) in [7, 11) is 0. The predicted molar refractivity (Wildman–Crippen MR) is 227 cm³/mol. The summed E-state index contributed by atoms with van der Waals surface area (Å²) in [6.45, 7) is 16.2. The van der Waals surface area contributed by atoms with E-state index in [9.17, 15) is 0 Å². The summed E-state index contributed by atoms with van der Waals surface area (Å²) < 4.78 is 6.87. The molecule has 0 amide bonds. The van der Waals surface area contributed by atoms with E-state index >= 15 is 0 Å². The smallest absolute Gasteiger partial charge is 0.211 e. The van der Waals surface area contributed by atoms with Crippen LogP contribution in [0.25, 0.3) is 103 Å². The van der Waals surface area contributed by atoms with Crippen LogP contribution in [0.2, 0.25) is 0 Å². The third kappa shape index (κ3) is 4.45. The predicted octanol–water partition coefficient (Wildman–Crippen LogP) is 13.7. The molecule has 0 bridgehead atoms. The van der Waals surface area contributed by atoms with Gasteiger partial charge in [0.2, 0.25) is 5.69 Å². The number of para-hydroxylation sites is 5. The zero-order chi connectivity index (χ0) is 36.6. The molecule has 0 unspecified atom stereocenters. The van der Waals surface area contributed by atoms with Crippen molar-refractivity contribution in [3.63, 3.8) is 0 Å². The van der Waals surface area contributed by atoms with Gasteiger partial charge in [0.1, 0.15) is 0 Å². The van der Waals surface area contributed by atoms with E-state index in [1.807, 2.05) is 12.1 Å². The lowest BCUT2D eigenvalue weighted by atomic mass is 10.0. The Morgan fingerprint density at radius 2 is 0.800 bits per heavy atom. The van der Waals surface area contributed by atoms with Crippen LogP contribution in [-0.2, 0) is 0 Å². The first-order valence-electron chi connectivity index (χ1n) is 18.3. The topological polar surface area (TPSA) is 23.5 Å². The Balaban J connectivity index is 1.13. The molecule has 5 heteroatoms. The molecule has 0 atom stereocenters. The van der Waals surface area contributed by atoms with E-state index in [2.05, 4.69) is 187 Å². The molecule has 0 saturated carbocycles. The normalized spacial score (nSPS) is 11.6. The molecule has 0 saturated heterocycles. The second-order valence-electron chi connectivity index (χ2n) is 13.9. The van der Waals surface area contributed by atoms with Crippen LogP contribution in [0.15, 0.2) is 176 Å². The lowest BCUT2D eigenvalue weighted by molar-refractivity contribution is 1.16. The first kappa shape index (κ1) is 30.7. The van der Waals surface area contributed by atoms with Crippen molar-refractivity contribution in [1.82, 2.24) is 13.7 Å². The molecule has 0 fully saturated rings. The van der Waals surface area contributed by atoms with Gasteiger partial charge in [0.05, 0.1) is 57.6 Å². The first-order valence-corrected chi connectivity index (χ1v) is 18.3. The number of nitrogens with zero attached hydrogens (tertiary/aromatic N) is 5. The minimum atomic E-state index is 0.596. The summed E-state index contributed by atoms with van der Waals surface area (Å²) in [5.74, 6) is 0. The van der Waals surface area contributed by atoms with E-state index < -0.39 is 0 Å². The highest BCUT2D eigenvalue weighted by Crippen LogP contribution is 2.42. The van der Waals surface area contributed by atoms with Crippen LogP contribution < -0.4 is 0 Å². The number of rotatable bonds is 4. The number of hydrogen-bond acceptors (Lipinski definition) is 0. The molecule has 0 aliphatic carbocycles. The molecule has 11 rings (SSSR count). The molecule has 0 radical (unpaired) electrons. The molecular formula is C50H29N5. The Bertz CT molecular complexity index is 3350. The van der Waals surface area contributed by atoms with Gasteiger partial charge in [-0.1, -0.05) is 109 Å². The van der Waals surface area contributed by atoms with Gasteiger partial charge in [-0.25, -0.2) is 9.69 Å². The Kier molecular flexibility index (Phi) is 6.61. The van der Waals surface area contributed by atoms with Crippen molar-refractivity contribution < 1.29 is 0 Å². The molecule has 5 nitrogen and oxygen atoms in total. The van der Waals surface area contributed by atoms with Crippen LogP contribution in [0.4, 0.5) is 11.4 Å². The van der Waals surface area contributed by atoms with Crippen LogP contribution in [0.3, 0.4) is 0 Å². The van der Waals surface area contributed by atoms with Crippen LogP contribution in [0.5, 0.6) is 0 Å². The molecule has 0 aliphatic rings. The largest absolute Gasteiger partial charge is 0.319 e. The van der Waals surface area contributed by atoms with E-state index in [-0.39, 0.29) is 0 Å². The summed E-state index contributed by atoms with van der Waals surface area (Å²) in [6.07, 6.45) is 0. The molecule has 3 aromatic heterocycles. The van der Waals surface area contributed by atoms with E-state index in [0.29, 0.717) is 11.4 Å². The van der Waals surface area contributed by atoms with Crippen LogP contribution >= 0.6 is 0 Å². The zero-order valence-corrected chi connectivity index (χ0v) is 29.5. The fourth-order valence-corrected chi connectivity index (χ4v) is 8.71. The van der Waals surface area contributed by atoms with Gasteiger partial charge >= 0.3 is 0 Å². The molecule has 0 N–H and O–H groups in total. The van der Waals surface area contributed by atoms with Crippen LogP contribution in [0.1, 0.15) is 0 Å². The molecular weight excluding hydrogens is 671 g/mol. The van der Waals surface area contributed by atoms with Gasteiger partial charge in [-0.05, 0) is 83.2 Å². The second-order valence-corrected chi connectivity index (χ2v) is 13.9. The van der Waals surface area contributed by atoms with Crippen molar-refractivity contribution in [3.8, 4) is 28.2 Å². The van der Waals surface area contributed by atoms with Crippen molar-refractivity contribution in [2.75, 3.05) is 0 Å². The number of benzene rings is 8. The minimum absolute atomic E-state index is 0.596. The van der Waals surface area contributed by atoms with Crippen molar-refractivity contribution in [2.45, 2.75) is 0 Å². The fraction of sp³-hybridized carbons (Fsp3) is 0. The Morgan fingerprint density at radius 3 is 1.29 bits per heavy atom. The van der Waals surface area contributed by atoms with Gasteiger partial charge in [0.25, 0.3) is 0 Å². The van der Waals surface area contributed by atoms with Crippen LogP contribution in [0, 0.1) is 13.1 Å². The highest BCUT2D eigenvalue weighted by atomic mass is 15.0. The molecule has 55 heavy (non-hydrogen) atoms. The van der Waals surface area contributed by atoms with E-state index in [4.69, 9.17) is 13.1 Å². The van der Waals surface area contributed by atoms with Crippen LogP contribution in [-0.4, -0.2) is 13.7 Å². The zero-order valence-electron chi connectivity index (χ0n) is 29.5. The van der Waals surface area contributed by atoms with E-state index in [1.54, 1.807) is 0 Å². The maximum absolute atomic E-state index is 8.33. The molecule has 3 heterocycles. The summed E-state index contributed by atoms with van der Waals surface area (Å²) in [5, 5.41) is 6.84. The highest BCUT2D eigenvalue weighted by Gasteiger charge is 2.20. The van der Waals surface area contributed by atoms with Gasteiger partial charge in [-0.3, -0.25) is 0 Å². The van der Waals surface area contributed by atoms with Gasteiger partial charge in [0, 0.05) is 32.6 Å². The van der Waals surface area contributed by atoms with Crippen molar-refractivity contribution in [3.05, 3.63) is 199 Å². The summed E-state index contributed by atoms with van der Waals surface area (Å²) >= 11 is 0. The third-order valence-corrected chi connectivity index (χ3v) is 11.1. The lowest BCUT2D eigenvalue weighted by Crippen LogP contribution is -1.98. The minimum Gasteiger partial charge on any atom is -0.319 e. The van der Waals surface area contributed by atoms with E-state index in [1.165, 1.54) is 10.8 Å². The van der Waals surface area contributed by atoms with Crippen molar-refractivity contribution in [1.29, 1.82) is 0 Å². The summed E-state index contributed by atoms with van der Waals surface area (Å²) in [6, 6.07) is 61.2. The average Bonchev–Trinajstić information content (AvgIpc) is 3.88. The number of hydrogen-bond donors (Lipinski definition) is 0. The molecule has 254 valence electrons. The Morgan fingerprint density at radius 1 is 0.345 bits per heavy atom. The fourth-order valence-electron chi connectivity index (χ4n) is 8.71. The van der Waals surface area contributed by atoms with Gasteiger partial charge in [0.15, 0.2) is 5.69 Å². The maximum Gasteiger partial charge on any atom is 0.211 e. The SMILES string of the molecule is [C-]#[N+]c1ccc(-n2c3ccccc3c3ccccc32)c(-c2ccc(-n3c4ccccc4c4cc([N+]#[C-])c(-n5c6ccccc6c6ccccc65)cc43)cc2)c1. The molecule has 11 aromatic rings. The molecule has 0 spiro atoms. The van der Waals surface area contributed by atoms with Crippen molar-refractivity contribution in [2.24, 2.45) is 0 Å². The third-order valence-electron chi connectivity index (χ3n) is 11.1. The Hall–Kier alpha value is -7.86. The monoisotopic (exact) mass is 699 g/mol. The second kappa shape index (κ2) is 11.8. The number of fused-ring (bicyclic) bond motifs is 9. The highest BCUT2D eigenvalue weighted by molar-refractivity contribution is 6.14. The standard InChI is InChI=1S/C50H29N5/c1-51-33-25-28-48(54-44-19-9-3-13-35(44)36-14-4-10-20-45(36)54)40(29-33)32-23-26-34(27-24-32)53-43-18-8-7-17-39(43)41-30-42(52-2)50(31-49(41)53)55-46-21-11-5-15-37(46)38-16-6-12-22-47(38)55/h3-31H. The molecule has 0 aliphatic heterocycles. The quantitative estimate of drug-likeness (QED) is 0.163. The van der Waals surface area contributed by atoms with E-state index in [0.717, 1.165) is 82.8 Å². The van der Waals surface area contributed by atoms with Gasteiger partial charge in [-0.2, -0.15) is 0 Å². The number of aromatic nitrogens is 3. The lowest BCUT2D eigenvalue weighted by Gasteiger charge is -2.16. The molecule has 8 aromatic carbocycles. The van der Waals surface area contributed by atoms with Crippen molar-refractivity contribution >= 4 is 76.8 Å². The first-order chi connectivity index (χ1) is 27.2. The summed E-state index contributed by atoms with van der Waals surface area (Å²) in [5.41, 5.74) is 12.6. The summed E-state index contributed by atoms with van der Waals surface area (Å²) in [4.78, 5) is 7.93. The van der Waals surface area contributed by atoms with Gasteiger partial charge in [-0.15, -0.1) is 0 Å². The Labute approximate surface area is 316 Å². The maximum atomic E-state index is 8.33. The average molecular weight is 700 g/mol. The van der Waals surface area contributed by atoms with Gasteiger partial charge < -0.3 is 13.7 Å².